The Balaban J connectivity index is 1.84. The van der Waals surface area contributed by atoms with Crippen LogP contribution in [0, 0.1) is 11.6 Å². The maximum absolute atomic E-state index is 13.3. The van der Waals surface area contributed by atoms with Gasteiger partial charge in [0.25, 0.3) is 0 Å². The van der Waals surface area contributed by atoms with Crippen molar-refractivity contribution < 1.29 is 13.6 Å². The summed E-state index contributed by atoms with van der Waals surface area (Å²) >= 11 is 0. The van der Waals surface area contributed by atoms with Crippen molar-refractivity contribution in [1.29, 1.82) is 0 Å². The van der Waals surface area contributed by atoms with Gasteiger partial charge in [-0.15, -0.1) is 0 Å². The van der Waals surface area contributed by atoms with Crippen LogP contribution in [0.2, 0.25) is 0 Å². The van der Waals surface area contributed by atoms with Gasteiger partial charge in [0.1, 0.15) is 11.6 Å². The van der Waals surface area contributed by atoms with Gasteiger partial charge < -0.3 is 4.90 Å². The van der Waals surface area contributed by atoms with Crippen molar-refractivity contribution in [3.8, 4) is 0 Å². The predicted octanol–water partition coefficient (Wildman–Crippen LogP) is 3.49. The number of halogens is 2. The van der Waals surface area contributed by atoms with Gasteiger partial charge in [0, 0.05) is 19.6 Å². The number of benzene rings is 2. The minimum Gasteiger partial charge on any atom is -0.338 e. The first-order valence-corrected chi connectivity index (χ1v) is 8.43. The van der Waals surface area contributed by atoms with Crippen LogP contribution in [-0.2, 0) is 17.8 Å². The molecule has 2 rings (SSSR count). The quantitative estimate of drug-likeness (QED) is 0.730. The highest BCUT2D eigenvalue weighted by molar-refractivity contribution is 5.78. The van der Waals surface area contributed by atoms with E-state index in [1.807, 2.05) is 24.9 Å². The van der Waals surface area contributed by atoms with E-state index in [1.165, 1.54) is 24.3 Å². The lowest BCUT2D eigenvalue weighted by Crippen LogP contribution is -2.39. The third-order valence-corrected chi connectivity index (χ3v) is 4.10. The molecule has 0 atom stereocenters. The van der Waals surface area contributed by atoms with E-state index in [2.05, 4.69) is 0 Å². The zero-order valence-electron chi connectivity index (χ0n) is 14.7. The zero-order chi connectivity index (χ0) is 18.2. The predicted molar refractivity (Wildman–Crippen MR) is 95.1 cm³/mol. The van der Waals surface area contributed by atoms with E-state index in [9.17, 15) is 13.6 Å². The van der Waals surface area contributed by atoms with Gasteiger partial charge in [-0.2, -0.15) is 0 Å². The van der Waals surface area contributed by atoms with Crippen molar-refractivity contribution in [2.45, 2.75) is 19.9 Å². The van der Waals surface area contributed by atoms with E-state index in [4.69, 9.17) is 0 Å². The summed E-state index contributed by atoms with van der Waals surface area (Å²) < 4.78 is 26.2. The fraction of sp³-hybridized carbons (Fsp3) is 0.350. The van der Waals surface area contributed by atoms with E-state index in [0.29, 0.717) is 26.2 Å². The van der Waals surface area contributed by atoms with Crippen LogP contribution in [0.25, 0.3) is 0 Å². The lowest BCUT2D eigenvalue weighted by atomic mass is 10.1. The molecule has 0 saturated heterocycles. The third-order valence-electron chi connectivity index (χ3n) is 4.10. The van der Waals surface area contributed by atoms with Crippen LogP contribution in [0.1, 0.15) is 18.1 Å². The molecule has 2 aromatic carbocycles. The lowest BCUT2D eigenvalue weighted by Gasteiger charge is -2.24. The molecule has 0 fully saturated rings. The smallest absolute Gasteiger partial charge is 0.237 e. The molecule has 0 unspecified atom stereocenters. The molecule has 0 radical (unpaired) electrons. The fourth-order valence-corrected chi connectivity index (χ4v) is 2.61. The molecule has 0 saturated carbocycles. The molecule has 3 nitrogen and oxygen atoms in total. The van der Waals surface area contributed by atoms with Crippen molar-refractivity contribution in [1.82, 2.24) is 9.80 Å². The van der Waals surface area contributed by atoms with Crippen molar-refractivity contribution in [3.05, 3.63) is 71.3 Å². The zero-order valence-corrected chi connectivity index (χ0v) is 14.7. The monoisotopic (exact) mass is 346 g/mol. The molecule has 134 valence electrons. The minimum atomic E-state index is -0.294. The molecule has 1 amide bonds. The number of rotatable bonds is 8. The number of amides is 1. The summed E-state index contributed by atoms with van der Waals surface area (Å²) in [6.45, 7) is 3.88. The number of carbonyl (C=O) groups is 1. The maximum Gasteiger partial charge on any atom is 0.237 e. The van der Waals surface area contributed by atoms with Crippen LogP contribution in [0.5, 0.6) is 0 Å². The van der Waals surface area contributed by atoms with Crippen LogP contribution < -0.4 is 0 Å². The largest absolute Gasteiger partial charge is 0.338 e. The summed E-state index contributed by atoms with van der Waals surface area (Å²) in [7, 11) is 1.89. The second kappa shape index (κ2) is 9.28. The molecule has 0 bridgehead atoms. The summed E-state index contributed by atoms with van der Waals surface area (Å²) in [5, 5.41) is 0. The Morgan fingerprint density at radius 1 is 1.00 bits per heavy atom. The molecule has 0 N–H and O–H groups in total. The van der Waals surface area contributed by atoms with Crippen molar-refractivity contribution in [2.24, 2.45) is 0 Å². The van der Waals surface area contributed by atoms with Crippen LogP contribution >= 0.6 is 0 Å². The van der Waals surface area contributed by atoms with Crippen molar-refractivity contribution in [2.75, 3.05) is 26.7 Å². The van der Waals surface area contributed by atoms with Crippen molar-refractivity contribution in [3.63, 3.8) is 0 Å². The van der Waals surface area contributed by atoms with Crippen LogP contribution in [0.3, 0.4) is 0 Å². The molecule has 0 aliphatic rings. The number of nitrogens with zero attached hydrogens (tertiary/aromatic N) is 2. The minimum absolute atomic E-state index is 0.00775. The first-order chi connectivity index (χ1) is 12.0. The highest BCUT2D eigenvalue weighted by Crippen LogP contribution is 2.08. The van der Waals surface area contributed by atoms with Gasteiger partial charge in [-0.05, 0) is 55.8 Å². The normalized spacial score (nSPS) is 10.9. The first kappa shape index (κ1) is 19.1. The van der Waals surface area contributed by atoms with Gasteiger partial charge in [-0.25, -0.2) is 8.78 Å². The molecular formula is C20H24F2N2O. The molecule has 0 aromatic heterocycles. The van der Waals surface area contributed by atoms with Gasteiger partial charge in [-0.1, -0.05) is 24.3 Å². The van der Waals surface area contributed by atoms with Crippen molar-refractivity contribution >= 4 is 5.91 Å². The Morgan fingerprint density at radius 2 is 1.72 bits per heavy atom. The average molecular weight is 346 g/mol. The Bertz CT molecular complexity index is 688. The average Bonchev–Trinajstić information content (AvgIpc) is 2.59. The Hall–Kier alpha value is -2.27. The van der Waals surface area contributed by atoms with Crippen LogP contribution in [-0.4, -0.2) is 42.4 Å². The van der Waals surface area contributed by atoms with Crippen LogP contribution in [0.15, 0.2) is 48.5 Å². The summed E-state index contributed by atoms with van der Waals surface area (Å²) in [5.74, 6) is -0.533. The Labute approximate surface area is 147 Å². The van der Waals surface area contributed by atoms with Gasteiger partial charge in [0.2, 0.25) is 5.91 Å². The molecule has 5 heteroatoms. The highest BCUT2D eigenvalue weighted by Gasteiger charge is 2.14. The van der Waals surface area contributed by atoms with Gasteiger partial charge in [-0.3, -0.25) is 9.69 Å². The highest BCUT2D eigenvalue weighted by atomic mass is 19.1. The van der Waals surface area contributed by atoms with Gasteiger partial charge >= 0.3 is 0 Å². The van der Waals surface area contributed by atoms with Gasteiger partial charge in [0.05, 0.1) is 6.54 Å². The third kappa shape index (κ3) is 6.27. The summed E-state index contributed by atoms with van der Waals surface area (Å²) in [6, 6.07) is 12.7. The fourth-order valence-electron chi connectivity index (χ4n) is 2.61. The molecule has 25 heavy (non-hydrogen) atoms. The molecule has 0 spiro atoms. The maximum atomic E-state index is 13.3. The number of likely N-dealkylation sites (N-methyl/N-ethyl adjacent to an activating group) is 2. The topological polar surface area (TPSA) is 23.6 Å². The second-order valence-corrected chi connectivity index (χ2v) is 6.15. The molecule has 0 aliphatic heterocycles. The van der Waals surface area contributed by atoms with Gasteiger partial charge in [0.15, 0.2) is 0 Å². The summed E-state index contributed by atoms with van der Waals surface area (Å²) in [5.41, 5.74) is 1.82. The van der Waals surface area contributed by atoms with Crippen LogP contribution in [0.4, 0.5) is 8.78 Å². The lowest BCUT2D eigenvalue weighted by molar-refractivity contribution is -0.132. The Kier molecular flexibility index (Phi) is 7.07. The first-order valence-electron chi connectivity index (χ1n) is 8.43. The van der Waals surface area contributed by atoms with E-state index >= 15 is 0 Å². The molecular weight excluding hydrogens is 322 g/mol. The van der Waals surface area contributed by atoms with E-state index in [1.54, 1.807) is 23.1 Å². The standard InChI is InChI=1S/C20H24F2N2O/c1-3-24(14-17-5-4-6-19(22)13-17)20(25)15-23(2)12-11-16-7-9-18(21)10-8-16/h4-10,13H,3,11-12,14-15H2,1-2H3. The number of hydrogen-bond acceptors (Lipinski definition) is 2. The molecule has 0 heterocycles. The summed E-state index contributed by atoms with van der Waals surface area (Å²) in [4.78, 5) is 16.1. The SMILES string of the molecule is CCN(Cc1cccc(F)c1)C(=O)CN(C)CCc1ccc(F)cc1. The summed E-state index contributed by atoms with van der Waals surface area (Å²) in [6.07, 6.45) is 0.750. The van der Waals surface area contributed by atoms with E-state index in [-0.39, 0.29) is 17.5 Å². The number of carbonyl (C=O) groups excluding carboxylic acids is 1. The second-order valence-electron chi connectivity index (χ2n) is 6.15. The van der Waals surface area contributed by atoms with E-state index < -0.39 is 0 Å². The molecule has 0 aliphatic carbocycles. The molecule has 2 aromatic rings. The number of hydrogen-bond donors (Lipinski definition) is 0. The Morgan fingerprint density at radius 3 is 2.36 bits per heavy atom. The van der Waals surface area contributed by atoms with E-state index in [0.717, 1.165) is 17.5 Å².